The smallest absolute Gasteiger partial charge is 0.259 e. The van der Waals surface area contributed by atoms with Gasteiger partial charge in [0.05, 0.1) is 12.6 Å². The summed E-state index contributed by atoms with van der Waals surface area (Å²) in [5, 5.41) is 12.8. The second-order valence-corrected chi connectivity index (χ2v) is 7.55. The van der Waals surface area contributed by atoms with Crippen LogP contribution in [0.3, 0.4) is 0 Å². The van der Waals surface area contributed by atoms with Gasteiger partial charge in [-0.05, 0) is 31.2 Å². The maximum atomic E-state index is 13.3. The number of pyridine rings is 1. The number of aliphatic hydroxyl groups is 1. The molecule has 1 aliphatic rings. The SMILES string of the molecule is CNC[C@@H]1Oc2ncc(C=Cc3ccccc3)cc2C(=O)N([C@@H](C)CO)C[C@@H]1C. The van der Waals surface area contributed by atoms with Crippen LogP contribution in [0.5, 0.6) is 5.88 Å². The zero-order valence-corrected chi connectivity index (χ0v) is 17.2. The Morgan fingerprint density at radius 2 is 2.03 bits per heavy atom. The standard InChI is InChI=1S/C23H29N3O3/c1-16-14-26(17(2)15-27)23(28)20-11-19(10-9-18-7-5-4-6-8-18)12-25-22(20)29-21(16)13-24-3/h4-12,16-17,21,24,27H,13-15H2,1-3H3/t16-,17-,21-/m0/s1. The molecule has 2 aromatic rings. The van der Waals surface area contributed by atoms with Gasteiger partial charge in [0, 0.05) is 25.2 Å². The van der Waals surface area contributed by atoms with E-state index in [0.29, 0.717) is 24.5 Å². The second kappa shape index (κ2) is 9.67. The van der Waals surface area contributed by atoms with E-state index in [0.717, 1.165) is 11.1 Å². The van der Waals surface area contributed by atoms with Crippen LogP contribution in [0.4, 0.5) is 0 Å². The molecular formula is C23H29N3O3. The van der Waals surface area contributed by atoms with E-state index in [1.54, 1.807) is 11.1 Å². The lowest BCUT2D eigenvalue weighted by atomic mass is 10.00. The first kappa shape index (κ1) is 21.0. The summed E-state index contributed by atoms with van der Waals surface area (Å²) in [5.74, 6) is 0.264. The third-order valence-corrected chi connectivity index (χ3v) is 5.22. The minimum absolute atomic E-state index is 0.0907. The van der Waals surface area contributed by atoms with Crippen LogP contribution in [0.2, 0.25) is 0 Å². The molecule has 154 valence electrons. The first-order chi connectivity index (χ1) is 14.0. The Kier molecular flexibility index (Phi) is 7.01. The number of fused-ring (bicyclic) bond motifs is 1. The molecule has 0 bridgehead atoms. The summed E-state index contributed by atoms with van der Waals surface area (Å²) in [5.41, 5.74) is 2.31. The van der Waals surface area contributed by atoms with Gasteiger partial charge in [-0.3, -0.25) is 4.79 Å². The van der Waals surface area contributed by atoms with Crippen molar-refractivity contribution >= 4 is 18.1 Å². The van der Waals surface area contributed by atoms with Gasteiger partial charge in [-0.25, -0.2) is 4.98 Å². The van der Waals surface area contributed by atoms with Crippen LogP contribution in [-0.4, -0.2) is 59.8 Å². The van der Waals surface area contributed by atoms with E-state index in [1.807, 2.05) is 69.4 Å². The molecule has 2 heterocycles. The molecule has 3 rings (SSSR count). The Hall–Kier alpha value is -2.70. The average molecular weight is 396 g/mol. The van der Waals surface area contributed by atoms with Gasteiger partial charge in [-0.2, -0.15) is 0 Å². The van der Waals surface area contributed by atoms with Crippen molar-refractivity contribution in [1.82, 2.24) is 15.2 Å². The summed E-state index contributed by atoms with van der Waals surface area (Å²) >= 11 is 0. The summed E-state index contributed by atoms with van der Waals surface area (Å²) in [7, 11) is 1.87. The zero-order chi connectivity index (χ0) is 20.8. The van der Waals surface area contributed by atoms with Crippen LogP contribution < -0.4 is 10.1 Å². The fourth-order valence-corrected chi connectivity index (χ4v) is 3.41. The van der Waals surface area contributed by atoms with Gasteiger partial charge in [0.25, 0.3) is 5.91 Å². The Morgan fingerprint density at radius 3 is 2.72 bits per heavy atom. The van der Waals surface area contributed by atoms with Gasteiger partial charge in [-0.1, -0.05) is 49.4 Å². The molecule has 0 unspecified atom stereocenters. The molecule has 2 N–H and O–H groups in total. The van der Waals surface area contributed by atoms with Crippen LogP contribution in [0.15, 0.2) is 42.6 Å². The van der Waals surface area contributed by atoms with Crippen molar-refractivity contribution in [2.24, 2.45) is 5.92 Å². The van der Waals surface area contributed by atoms with E-state index < -0.39 is 0 Å². The monoisotopic (exact) mass is 395 g/mol. The number of carbonyl (C=O) groups is 1. The predicted molar refractivity (Wildman–Crippen MR) is 115 cm³/mol. The van der Waals surface area contributed by atoms with Crippen molar-refractivity contribution in [3.8, 4) is 5.88 Å². The fourth-order valence-electron chi connectivity index (χ4n) is 3.41. The summed E-state index contributed by atoms with van der Waals surface area (Å²) in [6.07, 6.45) is 5.51. The Balaban J connectivity index is 1.97. The van der Waals surface area contributed by atoms with Crippen molar-refractivity contribution < 1.29 is 14.6 Å². The number of likely N-dealkylation sites (N-methyl/N-ethyl adjacent to an activating group) is 1. The number of amides is 1. The molecule has 6 heteroatoms. The van der Waals surface area contributed by atoms with E-state index in [-0.39, 0.29) is 30.6 Å². The highest BCUT2D eigenvalue weighted by Crippen LogP contribution is 2.27. The molecule has 0 radical (unpaired) electrons. The maximum Gasteiger partial charge on any atom is 0.259 e. The summed E-state index contributed by atoms with van der Waals surface area (Å²) < 4.78 is 6.13. The van der Waals surface area contributed by atoms with Gasteiger partial charge < -0.3 is 20.1 Å². The summed E-state index contributed by atoms with van der Waals surface area (Å²) in [6, 6.07) is 11.5. The number of benzene rings is 1. The first-order valence-electron chi connectivity index (χ1n) is 9.99. The number of hydrogen-bond acceptors (Lipinski definition) is 5. The minimum Gasteiger partial charge on any atom is -0.472 e. The lowest BCUT2D eigenvalue weighted by molar-refractivity contribution is 0.0404. The topological polar surface area (TPSA) is 74.7 Å². The molecular weight excluding hydrogens is 366 g/mol. The maximum absolute atomic E-state index is 13.3. The lowest BCUT2D eigenvalue weighted by Gasteiger charge is -2.36. The molecule has 3 atom stereocenters. The molecule has 0 aliphatic carbocycles. The number of hydrogen-bond donors (Lipinski definition) is 2. The zero-order valence-electron chi connectivity index (χ0n) is 17.2. The fraction of sp³-hybridized carbons (Fsp3) is 0.391. The molecule has 1 aromatic carbocycles. The summed E-state index contributed by atoms with van der Waals surface area (Å²) in [6.45, 7) is 4.97. The number of aliphatic hydroxyl groups excluding tert-OH is 1. The summed E-state index contributed by atoms with van der Waals surface area (Å²) in [4.78, 5) is 19.5. The van der Waals surface area contributed by atoms with Crippen molar-refractivity contribution in [3.05, 3.63) is 59.3 Å². The van der Waals surface area contributed by atoms with Crippen LogP contribution in [0.25, 0.3) is 12.2 Å². The molecule has 0 saturated heterocycles. The quantitative estimate of drug-likeness (QED) is 0.787. The van der Waals surface area contributed by atoms with Gasteiger partial charge in [0.1, 0.15) is 11.7 Å². The third-order valence-electron chi connectivity index (χ3n) is 5.22. The molecule has 0 saturated carbocycles. The van der Waals surface area contributed by atoms with Crippen LogP contribution in [-0.2, 0) is 0 Å². The van der Waals surface area contributed by atoms with E-state index in [1.165, 1.54) is 0 Å². The Labute approximate surface area is 172 Å². The molecule has 0 spiro atoms. The van der Waals surface area contributed by atoms with E-state index >= 15 is 0 Å². The minimum atomic E-state index is -0.283. The largest absolute Gasteiger partial charge is 0.472 e. The van der Waals surface area contributed by atoms with Gasteiger partial charge >= 0.3 is 0 Å². The van der Waals surface area contributed by atoms with Crippen molar-refractivity contribution in [3.63, 3.8) is 0 Å². The van der Waals surface area contributed by atoms with Crippen LogP contribution in [0, 0.1) is 5.92 Å². The van der Waals surface area contributed by atoms with E-state index in [4.69, 9.17) is 4.74 Å². The number of nitrogens with one attached hydrogen (secondary N) is 1. The number of rotatable bonds is 6. The molecule has 0 fully saturated rings. The van der Waals surface area contributed by atoms with Crippen molar-refractivity contribution in [2.75, 3.05) is 26.7 Å². The number of nitrogens with zero attached hydrogens (tertiary/aromatic N) is 2. The highest BCUT2D eigenvalue weighted by atomic mass is 16.5. The van der Waals surface area contributed by atoms with E-state index in [2.05, 4.69) is 10.3 Å². The van der Waals surface area contributed by atoms with E-state index in [9.17, 15) is 9.90 Å². The highest BCUT2D eigenvalue weighted by molar-refractivity contribution is 5.97. The van der Waals surface area contributed by atoms with Gasteiger partial charge in [-0.15, -0.1) is 0 Å². The highest BCUT2D eigenvalue weighted by Gasteiger charge is 2.33. The number of carbonyl (C=O) groups excluding carboxylic acids is 1. The van der Waals surface area contributed by atoms with Crippen molar-refractivity contribution in [1.29, 1.82) is 0 Å². The van der Waals surface area contributed by atoms with Crippen LogP contribution >= 0.6 is 0 Å². The Bertz CT molecular complexity index is 854. The Morgan fingerprint density at radius 1 is 1.31 bits per heavy atom. The van der Waals surface area contributed by atoms with Gasteiger partial charge in [0.2, 0.25) is 5.88 Å². The predicted octanol–water partition coefficient (Wildman–Crippen LogP) is 2.69. The first-order valence-corrected chi connectivity index (χ1v) is 9.99. The van der Waals surface area contributed by atoms with Crippen LogP contribution in [0.1, 0.15) is 35.3 Å². The van der Waals surface area contributed by atoms with Crippen molar-refractivity contribution in [2.45, 2.75) is 26.0 Å². The molecule has 1 aliphatic heterocycles. The number of aromatic nitrogens is 1. The molecule has 1 aromatic heterocycles. The third kappa shape index (κ3) is 5.02. The lowest BCUT2D eigenvalue weighted by Crippen LogP contribution is -2.49. The second-order valence-electron chi connectivity index (χ2n) is 7.55. The molecule has 1 amide bonds. The van der Waals surface area contributed by atoms with Gasteiger partial charge in [0.15, 0.2) is 0 Å². The molecule has 6 nitrogen and oxygen atoms in total. The average Bonchev–Trinajstić information content (AvgIpc) is 2.75. The number of ether oxygens (including phenoxy) is 1. The molecule has 29 heavy (non-hydrogen) atoms. The normalized spacial score (nSPS) is 20.7.